The number of thiophene rings is 1. The number of aromatic nitrogens is 4. The zero-order valence-electron chi connectivity index (χ0n) is 34.4. The molecule has 3 N–H and O–H groups in total. The van der Waals surface area contributed by atoms with Crippen molar-refractivity contribution >= 4 is 39.5 Å². The normalized spacial score (nSPS) is 19.6. The monoisotopic (exact) mass is 828 g/mol. The van der Waals surface area contributed by atoms with Gasteiger partial charge in [0.1, 0.15) is 35.0 Å². The minimum atomic E-state index is -0.692. The number of alkyl carbamates (subject to hydrolysis) is 1. The largest absolute Gasteiger partial charge is 0.454 e. The van der Waals surface area contributed by atoms with Gasteiger partial charge in [-0.25, -0.2) is 14.8 Å². The van der Waals surface area contributed by atoms with E-state index in [0.29, 0.717) is 18.1 Å². The van der Waals surface area contributed by atoms with Crippen molar-refractivity contribution in [2.75, 3.05) is 33.3 Å². The van der Waals surface area contributed by atoms with Gasteiger partial charge in [-0.05, 0) is 74.2 Å². The summed E-state index contributed by atoms with van der Waals surface area (Å²) < 4.78 is 12.1. The maximum atomic E-state index is 14.4. The van der Waals surface area contributed by atoms with Crippen LogP contribution in [0.4, 0.5) is 4.79 Å². The van der Waals surface area contributed by atoms with E-state index in [4.69, 9.17) is 14.1 Å². The summed E-state index contributed by atoms with van der Waals surface area (Å²) in [5.74, 6) is 2.14. The first-order valence-corrected chi connectivity index (χ1v) is 22.1. The maximum absolute atomic E-state index is 14.4. The molecule has 3 saturated heterocycles. The maximum Gasteiger partial charge on any atom is 0.407 e. The fourth-order valence-electron chi connectivity index (χ4n) is 9.19. The number of hydrogen-bond acceptors (Lipinski definition) is 9. The summed E-state index contributed by atoms with van der Waals surface area (Å²) in [5, 5.41) is 2.70. The Morgan fingerprint density at radius 3 is 2.07 bits per heavy atom. The summed E-state index contributed by atoms with van der Waals surface area (Å²) in [5.41, 5.74) is 5.65. The van der Waals surface area contributed by atoms with Crippen LogP contribution in [0, 0.1) is 5.92 Å². The number of furan rings is 1. The van der Waals surface area contributed by atoms with Crippen LogP contribution in [0.3, 0.4) is 0 Å². The minimum Gasteiger partial charge on any atom is -0.454 e. The number of hydrogen-bond donors (Lipinski definition) is 3. The molecule has 13 nitrogen and oxygen atoms in total. The Labute approximate surface area is 353 Å². The molecule has 4 atom stereocenters. The van der Waals surface area contributed by atoms with E-state index in [1.165, 1.54) is 13.5 Å². The topological polar surface area (TPSA) is 153 Å². The number of piperidine rings is 1. The third-order valence-corrected chi connectivity index (χ3v) is 13.5. The second kappa shape index (κ2) is 17.1. The molecule has 60 heavy (non-hydrogen) atoms. The van der Waals surface area contributed by atoms with Gasteiger partial charge in [0.15, 0.2) is 5.76 Å². The Hall–Kier alpha value is -5.73. The van der Waals surface area contributed by atoms with Gasteiger partial charge >= 0.3 is 6.09 Å². The van der Waals surface area contributed by atoms with E-state index in [1.54, 1.807) is 22.4 Å². The van der Waals surface area contributed by atoms with Crippen LogP contribution in [-0.4, -0.2) is 91.9 Å². The Morgan fingerprint density at radius 1 is 0.783 bits per heavy atom. The molecule has 0 saturated carbocycles. The molecule has 14 heteroatoms. The fourth-order valence-corrected chi connectivity index (χ4v) is 10.2. The highest BCUT2D eigenvalue weighted by molar-refractivity contribution is 7.22. The highest BCUT2D eigenvalue weighted by Gasteiger charge is 2.40. The molecule has 3 aliphatic rings. The fraction of sp³-hybridized carbons (Fsp3) is 0.413. The number of imidazole rings is 2. The lowest BCUT2D eigenvalue weighted by Gasteiger charge is -2.37. The van der Waals surface area contributed by atoms with E-state index < -0.39 is 12.1 Å². The molecule has 2 aromatic carbocycles. The Bertz CT molecular complexity index is 2410. The van der Waals surface area contributed by atoms with Gasteiger partial charge in [-0.15, -0.1) is 11.3 Å². The molecule has 0 bridgehead atoms. The number of methoxy groups -OCH3 is 1. The second-order valence-corrected chi connectivity index (χ2v) is 17.6. The van der Waals surface area contributed by atoms with E-state index in [1.807, 2.05) is 44.3 Å². The molecule has 6 aromatic rings. The van der Waals surface area contributed by atoms with Gasteiger partial charge in [-0.1, -0.05) is 74.9 Å². The summed E-state index contributed by atoms with van der Waals surface area (Å²) in [6.07, 6.45) is 9.95. The predicted molar refractivity (Wildman–Crippen MR) is 231 cm³/mol. The molecule has 0 radical (unpaired) electrons. The van der Waals surface area contributed by atoms with Crippen molar-refractivity contribution < 1.29 is 23.5 Å². The average molecular weight is 829 g/mol. The van der Waals surface area contributed by atoms with Gasteiger partial charge in [0.25, 0.3) is 0 Å². The van der Waals surface area contributed by atoms with Crippen LogP contribution in [0.2, 0.25) is 0 Å². The lowest BCUT2D eigenvalue weighted by atomic mass is 10.00. The zero-order valence-corrected chi connectivity index (χ0v) is 35.2. The van der Waals surface area contributed by atoms with Crippen LogP contribution < -0.4 is 5.32 Å². The standard InChI is InChI=1S/C46H52N8O5S/c1-28(2)40(51-46(57)58-3)44(55)53-22-10-14-34(53)43-48-27-33(50-43)36-24-39-37(59-36)25-38(60-39)30-18-16-29(17-19-30)32-26-47-42(49-32)35-15-11-23-54(35)45(56)41(31-12-6-4-7-13-31)52-20-8-5-9-21-52/h4,6-7,12-13,16-19,24-28,34-35,40-41H,5,8-11,14-15,20-23H2,1-3H3,(H,47,49)(H,48,50)(H,51,57)/t34-,35-,40-,41+/m0/s1. The SMILES string of the molecule is COC(=O)N[C@H](C(=O)N1CCC[C@H]1c1ncc(-c2cc3sc(-c4ccc(-c5cnc([C@@H]6CCCN6C(=O)[C@@H](c6ccccc6)N6CCCCC6)[nH]5)cc4)cc3o2)[nH]1)C(C)C. The van der Waals surface area contributed by atoms with E-state index in [0.717, 1.165) is 107 Å². The number of likely N-dealkylation sites (tertiary alicyclic amines) is 3. The van der Waals surface area contributed by atoms with E-state index in [-0.39, 0.29) is 35.9 Å². The Balaban J connectivity index is 0.867. The van der Waals surface area contributed by atoms with E-state index >= 15 is 0 Å². The van der Waals surface area contributed by atoms with E-state index in [2.05, 4.69) is 72.5 Å². The average Bonchev–Trinajstić information content (AvgIpc) is 4.13. The first kappa shape index (κ1) is 39.7. The third kappa shape index (κ3) is 7.85. The molecule has 3 fully saturated rings. The number of rotatable bonds is 11. The van der Waals surface area contributed by atoms with Crippen LogP contribution in [0.25, 0.3) is 43.4 Å². The molecule has 0 spiro atoms. The number of carbonyl (C=O) groups excluding carboxylic acids is 3. The summed E-state index contributed by atoms with van der Waals surface area (Å²) in [4.78, 5) is 63.8. The second-order valence-electron chi connectivity index (χ2n) is 16.5. The van der Waals surface area contributed by atoms with Crippen molar-refractivity contribution in [2.45, 2.75) is 83.0 Å². The van der Waals surface area contributed by atoms with Gasteiger partial charge in [0.2, 0.25) is 11.8 Å². The first-order valence-electron chi connectivity index (χ1n) is 21.2. The number of benzene rings is 2. The molecular weight excluding hydrogens is 777 g/mol. The lowest BCUT2D eigenvalue weighted by Crippen LogP contribution is -2.51. The van der Waals surface area contributed by atoms with Crippen molar-refractivity contribution in [1.82, 2.24) is 40.0 Å². The Kier molecular flexibility index (Phi) is 11.3. The van der Waals surface area contributed by atoms with Crippen LogP contribution in [0.5, 0.6) is 0 Å². The van der Waals surface area contributed by atoms with Crippen molar-refractivity contribution in [3.63, 3.8) is 0 Å². The molecular formula is C46H52N8O5S. The zero-order chi connectivity index (χ0) is 41.3. The van der Waals surface area contributed by atoms with Crippen molar-refractivity contribution in [3.8, 4) is 33.2 Å². The van der Waals surface area contributed by atoms with Crippen molar-refractivity contribution in [3.05, 3.63) is 96.3 Å². The van der Waals surface area contributed by atoms with Crippen molar-refractivity contribution in [2.24, 2.45) is 5.92 Å². The lowest BCUT2D eigenvalue weighted by molar-refractivity contribution is -0.139. The smallest absolute Gasteiger partial charge is 0.407 e. The molecule has 0 aliphatic carbocycles. The van der Waals surface area contributed by atoms with Crippen LogP contribution >= 0.6 is 11.3 Å². The minimum absolute atomic E-state index is 0.0813. The highest BCUT2D eigenvalue weighted by Crippen LogP contribution is 2.40. The number of H-pyrrole nitrogens is 2. The molecule has 312 valence electrons. The molecule has 4 aromatic heterocycles. The molecule has 3 amide bonds. The summed E-state index contributed by atoms with van der Waals surface area (Å²) in [6, 6.07) is 21.5. The summed E-state index contributed by atoms with van der Waals surface area (Å²) >= 11 is 1.66. The van der Waals surface area contributed by atoms with Crippen LogP contribution in [0.15, 0.2) is 83.5 Å². The summed E-state index contributed by atoms with van der Waals surface area (Å²) in [7, 11) is 1.29. The predicted octanol–water partition coefficient (Wildman–Crippen LogP) is 8.88. The number of carbonyl (C=O) groups is 3. The molecule has 0 unspecified atom stereocenters. The number of fused-ring (bicyclic) bond motifs is 1. The van der Waals surface area contributed by atoms with Gasteiger partial charge in [0.05, 0.1) is 42.0 Å². The quantitative estimate of drug-likeness (QED) is 0.117. The molecule has 9 rings (SSSR count). The van der Waals surface area contributed by atoms with Gasteiger partial charge < -0.3 is 34.2 Å². The number of nitrogens with one attached hydrogen (secondary N) is 3. The summed E-state index contributed by atoms with van der Waals surface area (Å²) in [6.45, 7) is 7.02. The number of nitrogens with zero attached hydrogens (tertiary/aromatic N) is 5. The number of aromatic amines is 2. The third-order valence-electron chi connectivity index (χ3n) is 12.3. The van der Waals surface area contributed by atoms with Gasteiger partial charge in [-0.2, -0.15) is 0 Å². The van der Waals surface area contributed by atoms with Gasteiger partial charge in [-0.3, -0.25) is 14.5 Å². The van der Waals surface area contributed by atoms with Crippen molar-refractivity contribution in [1.29, 1.82) is 0 Å². The van der Waals surface area contributed by atoms with Gasteiger partial charge in [0, 0.05) is 30.1 Å². The number of ether oxygens (including phenoxy) is 1. The molecule has 7 heterocycles. The number of amides is 3. The van der Waals surface area contributed by atoms with Crippen LogP contribution in [0.1, 0.15) is 94.1 Å². The van der Waals surface area contributed by atoms with Crippen LogP contribution in [-0.2, 0) is 14.3 Å². The first-order chi connectivity index (χ1) is 29.2. The highest BCUT2D eigenvalue weighted by atomic mass is 32.1. The van der Waals surface area contributed by atoms with E-state index in [9.17, 15) is 14.4 Å². The Morgan fingerprint density at radius 2 is 1.42 bits per heavy atom. The molecule has 3 aliphatic heterocycles.